The molecule has 0 radical (unpaired) electrons. The summed E-state index contributed by atoms with van der Waals surface area (Å²) in [7, 11) is 0. The summed E-state index contributed by atoms with van der Waals surface area (Å²) >= 11 is 1.84. The number of hydrogen-bond donors (Lipinski definition) is 1. The predicted octanol–water partition coefficient (Wildman–Crippen LogP) is 1.82. The first-order valence-corrected chi connectivity index (χ1v) is 7.02. The second kappa shape index (κ2) is 4.05. The Kier molecular flexibility index (Phi) is 2.62. The molecule has 5 nitrogen and oxygen atoms in total. The van der Waals surface area contributed by atoms with Crippen molar-refractivity contribution in [2.24, 2.45) is 5.92 Å². The number of allylic oxidation sites excluding steroid dienone is 1. The number of ether oxygens (including phenoxy) is 1. The Morgan fingerprint density at radius 2 is 2.39 bits per heavy atom. The van der Waals surface area contributed by atoms with Crippen molar-refractivity contribution < 1.29 is 19.4 Å². The Morgan fingerprint density at radius 1 is 1.61 bits per heavy atom. The molecule has 3 aliphatic rings. The first kappa shape index (κ1) is 11.6. The number of fused-ring (bicyclic) bond motifs is 3. The van der Waals surface area contributed by atoms with E-state index in [-0.39, 0.29) is 23.8 Å². The third-order valence-corrected chi connectivity index (χ3v) is 4.78. The van der Waals surface area contributed by atoms with Crippen molar-refractivity contribution in [3.8, 4) is 0 Å². The normalized spacial score (nSPS) is 32.2. The smallest absolute Gasteiger partial charge is 0.449 e. The molecule has 6 heteroatoms. The summed E-state index contributed by atoms with van der Waals surface area (Å²) in [6.07, 6.45) is 1.27. The molecule has 3 aliphatic heterocycles. The molecule has 18 heavy (non-hydrogen) atoms. The van der Waals surface area contributed by atoms with Gasteiger partial charge in [0.2, 0.25) is 5.88 Å². The lowest BCUT2D eigenvalue weighted by atomic mass is 9.84. The molecule has 2 atom stereocenters. The fraction of sp³-hybridized carbons (Fsp3) is 0.500. The lowest BCUT2D eigenvalue weighted by molar-refractivity contribution is -0.136. The lowest BCUT2D eigenvalue weighted by Gasteiger charge is -2.40. The Labute approximate surface area is 108 Å². The van der Waals surface area contributed by atoms with Crippen molar-refractivity contribution >= 4 is 23.8 Å². The van der Waals surface area contributed by atoms with Crippen LogP contribution in [0.4, 0.5) is 4.79 Å². The van der Waals surface area contributed by atoms with E-state index in [0.29, 0.717) is 0 Å². The maximum Gasteiger partial charge on any atom is 0.512 e. The van der Waals surface area contributed by atoms with Crippen LogP contribution < -0.4 is 0 Å². The lowest BCUT2D eigenvalue weighted by Crippen LogP contribution is -2.54. The maximum atomic E-state index is 12.0. The summed E-state index contributed by atoms with van der Waals surface area (Å²) in [4.78, 5) is 24.2. The van der Waals surface area contributed by atoms with Gasteiger partial charge in [-0.05, 0) is 24.7 Å². The molecule has 0 bridgehead atoms. The monoisotopic (exact) mass is 267 g/mol. The Hall–Kier alpha value is -1.43. The van der Waals surface area contributed by atoms with Gasteiger partial charge in [0.15, 0.2) is 0 Å². The fourth-order valence-corrected chi connectivity index (χ4v) is 4.12. The van der Waals surface area contributed by atoms with Gasteiger partial charge in [-0.1, -0.05) is 6.08 Å². The third-order valence-electron chi connectivity index (χ3n) is 3.69. The van der Waals surface area contributed by atoms with Crippen LogP contribution >= 0.6 is 11.8 Å². The summed E-state index contributed by atoms with van der Waals surface area (Å²) in [5.74, 6) is 2.26. The standard InChI is InChI=1S/C12H13NO4S/c1-2-6-9-8-5-18-4-3-7(8)11(17-12(15)16)13(9)10(6)14/h2,8-9H,3-5H2,1H3,(H,15,16)/b6-2+/t8-,9-/m0/s1. The van der Waals surface area contributed by atoms with Crippen LogP contribution in [0.3, 0.4) is 0 Å². The van der Waals surface area contributed by atoms with Crippen molar-refractivity contribution in [1.82, 2.24) is 4.90 Å². The van der Waals surface area contributed by atoms with Gasteiger partial charge in [0, 0.05) is 17.2 Å². The quantitative estimate of drug-likeness (QED) is 0.446. The van der Waals surface area contributed by atoms with E-state index in [1.165, 1.54) is 4.90 Å². The second-order valence-electron chi connectivity index (χ2n) is 4.49. The van der Waals surface area contributed by atoms with Crippen LogP contribution in [0, 0.1) is 5.92 Å². The van der Waals surface area contributed by atoms with Gasteiger partial charge in [0.05, 0.1) is 6.04 Å². The van der Waals surface area contributed by atoms with E-state index in [4.69, 9.17) is 9.84 Å². The predicted molar refractivity (Wildman–Crippen MR) is 66.0 cm³/mol. The average Bonchev–Trinajstić information content (AvgIpc) is 2.61. The van der Waals surface area contributed by atoms with Crippen LogP contribution in [-0.2, 0) is 9.53 Å². The van der Waals surface area contributed by atoms with Crippen LogP contribution in [0.5, 0.6) is 0 Å². The van der Waals surface area contributed by atoms with Crippen molar-refractivity contribution in [1.29, 1.82) is 0 Å². The van der Waals surface area contributed by atoms with Gasteiger partial charge in [-0.25, -0.2) is 4.79 Å². The molecule has 0 unspecified atom stereocenters. The maximum absolute atomic E-state index is 12.0. The number of nitrogens with zero attached hydrogens (tertiary/aromatic N) is 1. The number of amides is 1. The number of β-lactam (4-membered cyclic amide) rings is 1. The van der Waals surface area contributed by atoms with Gasteiger partial charge in [-0.3, -0.25) is 9.69 Å². The highest BCUT2D eigenvalue weighted by Gasteiger charge is 2.56. The van der Waals surface area contributed by atoms with E-state index >= 15 is 0 Å². The van der Waals surface area contributed by atoms with E-state index in [1.807, 2.05) is 24.8 Å². The molecule has 0 aromatic rings. The molecule has 2 fully saturated rings. The molecule has 0 saturated carbocycles. The summed E-state index contributed by atoms with van der Waals surface area (Å²) in [6.45, 7) is 1.84. The van der Waals surface area contributed by atoms with E-state index in [9.17, 15) is 9.59 Å². The summed E-state index contributed by atoms with van der Waals surface area (Å²) in [5.41, 5.74) is 1.77. The zero-order valence-corrected chi connectivity index (χ0v) is 10.7. The van der Waals surface area contributed by atoms with Crippen LogP contribution in [0.2, 0.25) is 0 Å². The third kappa shape index (κ3) is 1.41. The van der Waals surface area contributed by atoms with Crippen LogP contribution in [0.25, 0.3) is 0 Å². The van der Waals surface area contributed by atoms with Gasteiger partial charge >= 0.3 is 6.16 Å². The van der Waals surface area contributed by atoms with Gasteiger partial charge in [-0.15, -0.1) is 0 Å². The number of hydrogen-bond acceptors (Lipinski definition) is 4. The van der Waals surface area contributed by atoms with E-state index < -0.39 is 6.16 Å². The van der Waals surface area contributed by atoms with Crippen molar-refractivity contribution in [2.75, 3.05) is 11.5 Å². The molecule has 0 aromatic carbocycles. The molecule has 2 saturated heterocycles. The highest BCUT2D eigenvalue weighted by molar-refractivity contribution is 7.99. The average molecular weight is 267 g/mol. The van der Waals surface area contributed by atoms with E-state index in [2.05, 4.69) is 0 Å². The van der Waals surface area contributed by atoms with Gasteiger partial charge < -0.3 is 9.84 Å². The Balaban J connectivity index is 1.99. The largest absolute Gasteiger partial charge is 0.512 e. The molecule has 96 valence electrons. The van der Waals surface area contributed by atoms with Crippen LogP contribution in [-0.4, -0.2) is 39.6 Å². The molecule has 0 aromatic heterocycles. The molecular weight excluding hydrogens is 254 g/mol. The molecule has 1 amide bonds. The van der Waals surface area contributed by atoms with Gasteiger partial charge in [-0.2, -0.15) is 11.8 Å². The Morgan fingerprint density at radius 3 is 3.06 bits per heavy atom. The van der Waals surface area contributed by atoms with Crippen molar-refractivity contribution in [2.45, 2.75) is 19.4 Å². The summed E-state index contributed by atoms with van der Waals surface area (Å²) in [6, 6.07) is -0.000324. The molecule has 1 N–H and O–H groups in total. The topological polar surface area (TPSA) is 66.8 Å². The molecular formula is C12H13NO4S. The van der Waals surface area contributed by atoms with Crippen molar-refractivity contribution in [3.05, 3.63) is 23.1 Å². The minimum Gasteiger partial charge on any atom is -0.449 e. The van der Waals surface area contributed by atoms with Crippen molar-refractivity contribution in [3.63, 3.8) is 0 Å². The van der Waals surface area contributed by atoms with Gasteiger partial charge in [0.25, 0.3) is 5.91 Å². The zero-order valence-electron chi connectivity index (χ0n) is 9.88. The van der Waals surface area contributed by atoms with E-state index in [0.717, 1.165) is 29.1 Å². The fourth-order valence-electron chi connectivity index (χ4n) is 2.95. The minimum atomic E-state index is -1.35. The minimum absolute atomic E-state index is 0.000324. The summed E-state index contributed by atoms with van der Waals surface area (Å²) < 4.78 is 4.84. The SMILES string of the molecule is C/C=C1/C(=O)N2C(OC(=O)O)=C3CCSC[C@@H]3[C@H]12. The first-order valence-electron chi connectivity index (χ1n) is 5.86. The number of rotatable bonds is 1. The highest BCUT2D eigenvalue weighted by Crippen LogP contribution is 2.50. The summed E-state index contributed by atoms with van der Waals surface area (Å²) in [5, 5.41) is 8.79. The second-order valence-corrected chi connectivity index (χ2v) is 5.64. The number of carbonyl (C=O) groups is 2. The first-order chi connectivity index (χ1) is 8.65. The number of carboxylic acid groups (broad SMARTS) is 1. The molecule has 3 heterocycles. The number of thioether (sulfide) groups is 1. The highest BCUT2D eigenvalue weighted by atomic mass is 32.2. The van der Waals surface area contributed by atoms with Crippen LogP contribution in [0.15, 0.2) is 23.1 Å². The number of carbonyl (C=O) groups excluding carboxylic acids is 1. The molecule has 0 aliphatic carbocycles. The molecule has 3 rings (SSSR count). The van der Waals surface area contributed by atoms with Crippen LogP contribution in [0.1, 0.15) is 13.3 Å². The Bertz CT molecular complexity index is 496. The van der Waals surface area contributed by atoms with E-state index in [1.54, 1.807) is 0 Å². The van der Waals surface area contributed by atoms with Gasteiger partial charge in [0.1, 0.15) is 0 Å². The zero-order chi connectivity index (χ0) is 12.9. The molecule has 0 spiro atoms.